The van der Waals surface area contributed by atoms with Gasteiger partial charge < -0.3 is 14.8 Å². The lowest BCUT2D eigenvalue weighted by Crippen LogP contribution is -2.22. The van der Waals surface area contributed by atoms with Crippen LogP contribution in [0.2, 0.25) is 0 Å². The van der Waals surface area contributed by atoms with E-state index in [9.17, 15) is 14.4 Å². The van der Waals surface area contributed by atoms with Crippen LogP contribution in [-0.4, -0.2) is 31.9 Å². The maximum atomic E-state index is 12.1. The summed E-state index contributed by atoms with van der Waals surface area (Å²) in [7, 11) is 2.25. The molecule has 6 heteroatoms. The van der Waals surface area contributed by atoms with E-state index in [2.05, 4.69) is 14.8 Å². The second-order valence-corrected chi connectivity index (χ2v) is 3.73. The molecule has 2 rings (SSSR count). The van der Waals surface area contributed by atoms with Crippen molar-refractivity contribution in [2.75, 3.05) is 19.5 Å². The van der Waals surface area contributed by atoms with Gasteiger partial charge in [0.1, 0.15) is 5.70 Å². The number of nitrogens with one attached hydrogen (secondary N) is 1. The van der Waals surface area contributed by atoms with Crippen LogP contribution < -0.4 is 5.32 Å². The van der Waals surface area contributed by atoms with Gasteiger partial charge in [-0.05, 0) is 12.1 Å². The van der Waals surface area contributed by atoms with Gasteiger partial charge in [-0.2, -0.15) is 0 Å². The monoisotopic (exact) mass is 261 g/mol. The summed E-state index contributed by atoms with van der Waals surface area (Å²) >= 11 is 0. The minimum atomic E-state index is -0.921. The molecule has 1 N–H and O–H groups in total. The molecule has 0 unspecified atom stereocenters. The molecule has 1 aliphatic heterocycles. The van der Waals surface area contributed by atoms with Crippen LogP contribution in [0.4, 0.5) is 5.69 Å². The van der Waals surface area contributed by atoms with Gasteiger partial charge in [0.25, 0.3) is 0 Å². The van der Waals surface area contributed by atoms with Crippen molar-refractivity contribution in [3.05, 3.63) is 41.1 Å². The summed E-state index contributed by atoms with van der Waals surface area (Å²) < 4.78 is 9.01. The fourth-order valence-corrected chi connectivity index (χ4v) is 1.78. The van der Waals surface area contributed by atoms with E-state index >= 15 is 0 Å². The van der Waals surface area contributed by atoms with Crippen molar-refractivity contribution in [3.63, 3.8) is 0 Å². The molecule has 0 saturated carbocycles. The SMILES string of the molecule is COC(=O)C(C(=O)OC)=C1Nc2ccccc2C1=O. The maximum absolute atomic E-state index is 12.1. The standard InChI is InChI=1S/C13H11NO5/c1-18-12(16)9(13(17)19-2)10-11(15)7-5-3-4-6-8(7)14-10/h3-6,14H,1-2H3. The quantitative estimate of drug-likeness (QED) is 0.368. The maximum Gasteiger partial charge on any atom is 0.347 e. The van der Waals surface area contributed by atoms with Crippen molar-refractivity contribution in [2.24, 2.45) is 0 Å². The molecule has 0 bridgehead atoms. The van der Waals surface area contributed by atoms with Gasteiger partial charge in [0.2, 0.25) is 5.78 Å². The molecule has 19 heavy (non-hydrogen) atoms. The molecule has 0 saturated heterocycles. The number of carbonyl (C=O) groups is 3. The summed E-state index contributed by atoms with van der Waals surface area (Å²) in [6, 6.07) is 6.70. The molecule has 6 nitrogen and oxygen atoms in total. The Labute approximate surface area is 109 Å². The molecule has 0 fully saturated rings. The zero-order valence-electron chi connectivity index (χ0n) is 10.4. The second-order valence-electron chi connectivity index (χ2n) is 3.73. The molecular formula is C13H11NO5. The third-order valence-electron chi connectivity index (χ3n) is 2.69. The van der Waals surface area contributed by atoms with Gasteiger partial charge in [-0.1, -0.05) is 12.1 Å². The smallest absolute Gasteiger partial charge is 0.347 e. The van der Waals surface area contributed by atoms with Crippen LogP contribution >= 0.6 is 0 Å². The number of anilines is 1. The number of Topliss-reactive ketones (excluding diaryl/α,β-unsaturated/α-hetero) is 1. The summed E-state index contributed by atoms with van der Waals surface area (Å²) in [5, 5.41) is 2.74. The van der Waals surface area contributed by atoms with Crippen LogP contribution in [0.1, 0.15) is 10.4 Å². The van der Waals surface area contributed by atoms with Crippen molar-refractivity contribution < 1.29 is 23.9 Å². The summed E-state index contributed by atoms with van der Waals surface area (Å²) in [5.41, 5.74) is 0.363. The van der Waals surface area contributed by atoms with Crippen molar-refractivity contribution in [2.45, 2.75) is 0 Å². The molecule has 0 amide bonds. The predicted molar refractivity (Wildman–Crippen MR) is 65.5 cm³/mol. The highest BCUT2D eigenvalue weighted by Gasteiger charge is 2.34. The second kappa shape index (κ2) is 4.93. The van der Waals surface area contributed by atoms with E-state index in [1.165, 1.54) is 0 Å². The Balaban J connectivity index is 2.55. The molecule has 1 aliphatic rings. The molecule has 0 aromatic heterocycles. The number of ether oxygens (including phenoxy) is 2. The molecular weight excluding hydrogens is 250 g/mol. The Morgan fingerprint density at radius 3 is 2.16 bits per heavy atom. The lowest BCUT2D eigenvalue weighted by Gasteiger charge is -2.06. The van der Waals surface area contributed by atoms with E-state index in [0.29, 0.717) is 11.3 Å². The largest absolute Gasteiger partial charge is 0.465 e. The third-order valence-corrected chi connectivity index (χ3v) is 2.69. The van der Waals surface area contributed by atoms with Crippen LogP contribution in [0.25, 0.3) is 0 Å². The van der Waals surface area contributed by atoms with Crippen LogP contribution in [0.15, 0.2) is 35.5 Å². The van der Waals surface area contributed by atoms with Crippen molar-refractivity contribution in [1.29, 1.82) is 0 Å². The van der Waals surface area contributed by atoms with Crippen LogP contribution in [-0.2, 0) is 19.1 Å². The van der Waals surface area contributed by atoms with Crippen molar-refractivity contribution in [1.82, 2.24) is 0 Å². The van der Waals surface area contributed by atoms with Crippen LogP contribution in [0.3, 0.4) is 0 Å². The minimum Gasteiger partial charge on any atom is -0.465 e. The Kier molecular flexibility index (Phi) is 3.33. The van der Waals surface area contributed by atoms with E-state index in [-0.39, 0.29) is 5.70 Å². The summed E-state index contributed by atoms with van der Waals surface area (Å²) in [4.78, 5) is 35.4. The molecule has 1 aromatic carbocycles. The van der Waals surface area contributed by atoms with E-state index < -0.39 is 23.3 Å². The molecule has 0 atom stereocenters. The number of allylic oxidation sites excluding steroid dienone is 1. The van der Waals surface area contributed by atoms with Crippen LogP contribution in [0, 0.1) is 0 Å². The molecule has 0 radical (unpaired) electrons. The summed E-state index contributed by atoms with van der Waals surface area (Å²) in [5.74, 6) is -2.28. The van der Waals surface area contributed by atoms with Gasteiger partial charge >= 0.3 is 11.9 Å². The van der Waals surface area contributed by atoms with Gasteiger partial charge in [-0.15, -0.1) is 0 Å². The highest BCUT2D eigenvalue weighted by Crippen LogP contribution is 2.29. The topological polar surface area (TPSA) is 81.7 Å². The highest BCUT2D eigenvalue weighted by atomic mass is 16.5. The van der Waals surface area contributed by atoms with Gasteiger partial charge in [0.15, 0.2) is 5.57 Å². The first-order valence-corrected chi connectivity index (χ1v) is 5.41. The predicted octanol–water partition coefficient (Wildman–Crippen LogP) is 0.895. The van der Waals surface area contributed by atoms with Crippen LogP contribution in [0.5, 0.6) is 0 Å². The van der Waals surface area contributed by atoms with Gasteiger partial charge in [0, 0.05) is 11.3 Å². The normalized spacial score (nSPS) is 12.5. The number of methoxy groups -OCH3 is 2. The molecule has 0 spiro atoms. The number of esters is 2. The number of benzene rings is 1. The fraction of sp³-hybridized carbons (Fsp3) is 0.154. The Morgan fingerprint density at radius 2 is 1.63 bits per heavy atom. The molecule has 0 aliphatic carbocycles. The van der Waals surface area contributed by atoms with E-state index in [1.54, 1.807) is 24.3 Å². The van der Waals surface area contributed by atoms with Gasteiger partial charge in [-0.3, -0.25) is 4.79 Å². The fourth-order valence-electron chi connectivity index (χ4n) is 1.78. The Bertz CT molecular complexity index is 585. The first-order valence-electron chi connectivity index (χ1n) is 5.41. The number of hydrogen-bond acceptors (Lipinski definition) is 6. The van der Waals surface area contributed by atoms with Gasteiger partial charge in [0.05, 0.1) is 14.2 Å². The van der Waals surface area contributed by atoms with E-state index in [1.807, 2.05) is 0 Å². The summed E-state index contributed by atoms with van der Waals surface area (Å²) in [6.07, 6.45) is 0. The van der Waals surface area contributed by atoms with E-state index in [0.717, 1.165) is 14.2 Å². The molecule has 1 aromatic rings. The van der Waals surface area contributed by atoms with Crippen molar-refractivity contribution >= 4 is 23.4 Å². The zero-order valence-corrected chi connectivity index (χ0v) is 10.4. The van der Waals surface area contributed by atoms with Crippen molar-refractivity contribution in [3.8, 4) is 0 Å². The first kappa shape index (κ1) is 12.8. The molecule has 1 heterocycles. The number of hydrogen-bond donors (Lipinski definition) is 1. The Morgan fingerprint density at radius 1 is 1.05 bits per heavy atom. The number of rotatable bonds is 2. The van der Waals surface area contributed by atoms with E-state index in [4.69, 9.17) is 0 Å². The molecule has 98 valence electrons. The zero-order chi connectivity index (χ0) is 14.0. The first-order chi connectivity index (χ1) is 9.10. The number of fused-ring (bicyclic) bond motifs is 1. The Hall–Kier alpha value is -2.63. The average molecular weight is 261 g/mol. The number of para-hydroxylation sites is 1. The average Bonchev–Trinajstić information content (AvgIpc) is 2.76. The lowest BCUT2D eigenvalue weighted by molar-refractivity contribution is -0.144. The summed E-state index contributed by atoms with van der Waals surface area (Å²) in [6.45, 7) is 0. The number of carbonyl (C=O) groups excluding carboxylic acids is 3. The number of ketones is 1. The lowest BCUT2D eigenvalue weighted by atomic mass is 10.1. The van der Waals surface area contributed by atoms with Gasteiger partial charge in [-0.25, -0.2) is 9.59 Å². The highest BCUT2D eigenvalue weighted by molar-refractivity contribution is 6.27. The minimum absolute atomic E-state index is 0.125. The third kappa shape index (κ3) is 2.08.